The SMILES string of the molecule is O=C(O)[C@@H](Oc1ccccc1-n1cccc1)c1ccccc1. The minimum absolute atomic E-state index is 0.523. The second-order valence-corrected chi connectivity index (χ2v) is 4.80. The van der Waals surface area contributed by atoms with Crippen LogP contribution >= 0.6 is 0 Å². The molecule has 3 aromatic rings. The summed E-state index contributed by atoms with van der Waals surface area (Å²) in [5.74, 6) is -0.497. The molecular formula is C18H15NO3. The predicted molar refractivity (Wildman–Crippen MR) is 83.2 cm³/mol. The fourth-order valence-electron chi connectivity index (χ4n) is 2.28. The van der Waals surface area contributed by atoms with Crippen molar-refractivity contribution < 1.29 is 14.6 Å². The zero-order valence-corrected chi connectivity index (χ0v) is 11.8. The fourth-order valence-corrected chi connectivity index (χ4v) is 2.28. The van der Waals surface area contributed by atoms with E-state index in [0.29, 0.717) is 11.3 Å². The van der Waals surface area contributed by atoms with Gasteiger partial charge in [-0.15, -0.1) is 0 Å². The summed E-state index contributed by atoms with van der Waals surface area (Å²) < 4.78 is 7.68. The number of para-hydroxylation sites is 2. The van der Waals surface area contributed by atoms with Gasteiger partial charge in [-0.25, -0.2) is 4.79 Å². The van der Waals surface area contributed by atoms with Crippen molar-refractivity contribution in [3.05, 3.63) is 84.7 Å². The molecule has 4 nitrogen and oxygen atoms in total. The third-order valence-corrected chi connectivity index (χ3v) is 3.32. The molecule has 0 bridgehead atoms. The number of ether oxygens (including phenoxy) is 1. The number of carboxylic acids is 1. The Bertz CT molecular complexity index is 751. The number of hydrogen-bond donors (Lipinski definition) is 1. The van der Waals surface area contributed by atoms with Crippen LogP contribution in [0, 0.1) is 0 Å². The van der Waals surface area contributed by atoms with Crippen LogP contribution in [-0.4, -0.2) is 15.6 Å². The molecule has 0 aliphatic rings. The van der Waals surface area contributed by atoms with E-state index >= 15 is 0 Å². The number of carboxylic acid groups (broad SMARTS) is 1. The van der Waals surface area contributed by atoms with E-state index in [9.17, 15) is 9.90 Å². The number of carbonyl (C=O) groups is 1. The number of benzene rings is 2. The molecule has 0 saturated carbocycles. The smallest absolute Gasteiger partial charge is 0.349 e. The first-order valence-electron chi connectivity index (χ1n) is 6.92. The zero-order chi connectivity index (χ0) is 15.4. The number of nitrogens with zero attached hydrogens (tertiary/aromatic N) is 1. The molecule has 22 heavy (non-hydrogen) atoms. The Morgan fingerprint density at radius 1 is 0.909 bits per heavy atom. The van der Waals surface area contributed by atoms with Gasteiger partial charge in [0, 0.05) is 18.0 Å². The number of hydrogen-bond acceptors (Lipinski definition) is 2. The minimum atomic E-state index is -1.04. The highest BCUT2D eigenvalue weighted by molar-refractivity contribution is 5.75. The van der Waals surface area contributed by atoms with Gasteiger partial charge in [-0.2, -0.15) is 0 Å². The third-order valence-electron chi connectivity index (χ3n) is 3.32. The third kappa shape index (κ3) is 2.86. The normalized spacial score (nSPS) is 11.8. The Labute approximate surface area is 128 Å². The Balaban J connectivity index is 1.96. The maximum absolute atomic E-state index is 11.6. The van der Waals surface area contributed by atoms with E-state index in [-0.39, 0.29) is 0 Å². The van der Waals surface area contributed by atoms with Crippen LogP contribution in [-0.2, 0) is 4.79 Å². The van der Waals surface area contributed by atoms with E-state index in [1.807, 2.05) is 53.4 Å². The van der Waals surface area contributed by atoms with Gasteiger partial charge >= 0.3 is 5.97 Å². The van der Waals surface area contributed by atoms with E-state index in [4.69, 9.17) is 4.74 Å². The van der Waals surface area contributed by atoms with Crippen molar-refractivity contribution in [3.63, 3.8) is 0 Å². The summed E-state index contributed by atoms with van der Waals surface area (Å²) in [6.07, 6.45) is 2.74. The molecule has 3 rings (SSSR count). The number of aliphatic carboxylic acids is 1. The first-order chi connectivity index (χ1) is 10.8. The van der Waals surface area contributed by atoms with Crippen molar-refractivity contribution in [2.24, 2.45) is 0 Å². The number of aromatic nitrogens is 1. The van der Waals surface area contributed by atoms with Crippen molar-refractivity contribution in [1.29, 1.82) is 0 Å². The van der Waals surface area contributed by atoms with Crippen LogP contribution < -0.4 is 4.74 Å². The monoisotopic (exact) mass is 293 g/mol. The van der Waals surface area contributed by atoms with E-state index in [0.717, 1.165) is 5.69 Å². The Kier molecular flexibility index (Phi) is 3.92. The van der Waals surface area contributed by atoms with Gasteiger partial charge in [-0.3, -0.25) is 0 Å². The summed E-state index contributed by atoms with van der Waals surface area (Å²) in [6.45, 7) is 0. The molecule has 0 radical (unpaired) electrons. The molecule has 0 saturated heterocycles. The second-order valence-electron chi connectivity index (χ2n) is 4.80. The molecule has 0 unspecified atom stereocenters. The lowest BCUT2D eigenvalue weighted by atomic mass is 10.1. The predicted octanol–water partition coefficient (Wildman–Crippen LogP) is 3.68. The van der Waals surface area contributed by atoms with Gasteiger partial charge in [0.25, 0.3) is 0 Å². The summed E-state index contributed by atoms with van der Waals surface area (Å²) in [5, 5.41) is 9.48. The van der Waals surface area contributed by atoms with Crippen molar-refractivity contribution >= 4 is 5.97 Å². The summed E-state index contributed by atoms with van der Waals surface area (Å²) >= 11 is 0. The molecule has 0 spiro atoms. The molecule has 1 heterocycles. The molecule has 0 amide bonds. The summed E-state index contributed by atoms with van der Waals surface area (Å²) in [6, 6.07) is 20.1. The van der Waals surface area contributed by atoms with Gasteiger partial charge in [-0.05, 0) is 24.3 Å². The highest BCUT2D eigenvalue weighted by Gasteiger charge is 2.22. The van der Waals surface area contributed by atoms with E-state index in [1.54, 1.807) is 30.3 Å². The van der Waals surface area contributed by atoms with Crippen LogP contribution in [0.3, 0.4) is 0 Å². The molecule has 1 aromatic heterocycles. The van der Waals surface area contributed by atoms with Crippen LogP contribution in [0.4, 0.5) is 0 Å². The highest BCUT2D eigenvalue weighted by atomic mass is 16.5. The first-order valence-corrected chi connectivity index (χ1v) is 6.92. The average Bonchev–Trinajstić information content (AvgIpc) is 3.08. The van der Waals surface area contributed by atoms with Gasteiger partial charge in [0.2, 0.25) is 6.10 Å². The molecule has 0 fully saturated rings. The minimum Gasteiger partial charge on any atom is -0.478 e. The summed E-state index contributed by atoms with van der Waals surface area (Å²) in [4.78, 5) is 11.6. The van der Waals surface area contributed by atoms with Crippen molar-refractivity contribution in [2.45, 2.75) is 6.10 Å². The summed E-state index contributed by atoms with van der Waals surface area (Å²) in [7, 11) is 0. The summed E-state index contributed by atoms with van der Waals surface area (Å²) in [5.41, 5.74) is 1.41. The van der Waals surface area contributed by atoms with Gasteiger partial charge in [0.05, 0.1) is 5.69 Å². The van der Waals surface area contributed by atoms with Crippen LogP contribution in [0.5, 0.6) is 5.75 Å². The Morgan fingerprint density at radius 2 is 1.55 bits per heavy atom. The zero-order valence-electron chi connectivity index (χ0n) is 11.8. The molecule has 1 N–H and O–H groups in total. The van der Waals surface area contributed by atoms with Crippen molar-refractivity contribution in [3.8, 4) is 11.4 Å². The fraction of sp³-hybridized carbons (Fsp3) is 0.0556. The topological polar surface area (TPSA) is 51.5 Å². The highest BCUT2D eigenvalue weighted by Crippen LogP contribution is 2.28. The van der Waals surface area contributed by atoms with Crippen LogP contribution in [0.2, 0.25) is 0 Å². The lowest BCUT2D eigenvalue weighted by Crippen LogP contribution is -2.18. The van der Waals surface area contributed by atoms with Gasteiger partial charge in [0.15, 0.2) is 0 Å². The molecule has 2 aromatic carbocycles. The molecule has 110 valence electrons. The maximum Gasteiger partial charge on any atom is 0.349 e. The average molecular weight is 293 g/mol. The van der Waals surface area contributed by atoms with Gasteiger partial charge < -0.3 is 14.4 Å². The van der Waals surface area contributed by atoms with Crippen molar-refractivity contribution in [1.82, 2.24) is 4.57 Å². The van der Waals surface area contributed by atoms with Gasteiger partial charge in [-0.1, -0.05) is 42.5 Å². The second kappa shape index (κ2) is 6.18. The van der Waals surface area contributed by atoms with E-state index in [2.05, 4.69) is 0 Å². The van der Waals surface area contributed by atoms with Crippen molar-refractivity contribution in [2.75, 3.05) is 0 Å². The molecular weight excluding hydrogens is 278 g/mol. The quantitative estimate of drug-likeness (QED) is 0.780. The van der Waals surface area contributed by atoms with E-state index in [1.165, 1.54) is 0 Å². The Morgan fingerprint density at radius 3 is 2.23 bits per heavy atom. The van der Waals surface area contributed by atoms with E-state index < -0.39 is 12.1 Å². The Hall–Kier alpha value is -3.01. The lowest BCUT2D eigenvalue weighted by molar-refractivity contribution is -0.145. The molecule has 4 heteroatoms. The molecule has 1 atom stereocenters. The van der Waals surface area contributed by atoms with Crippen LogP contribution in [0.1, 0.15) is 11.7 Å². The molecule has 0 aliphatic heterocycles. The lowest BCUT2D eigenvalue weighted by Gasteiger charge is -2.18. The molecule has 0 aliphatic carbocycles. The largest absolute Gasteiger partial charge is 0.478 e. The van der Waals surface area contributed by atoms with Crippen LogP contribution in [0.25, 0.3) is 5.69 Å². The van der Waals surface area contributed by atoms with Crippen LogP contribution in [0.15, 0.2) is 79.1 Å². The number of rotatable bonds is 5. The van der Waals surface area contributed by atoms with Gasteiger partial charge in [0.1, 0.15) is 5.75 Å². The maximum atomic E-state index is 11.6. The first kappa shape index (κ1) is 13.9. The standard InChI is InChI=1S/C18H15NO3/c20-18(21)17(14-8-2-1-3-9-14)22-16-11-5-4-10-15(16)19-12-6-7-13-19/h1-13,17H,(H,20,21)/t17-/m0/s1.